The van der Waals surface area contributed by atoms with Crippen molar-refractivity contribution in [3.8, 4) is 11.8 Å². The molecule has 224 valence electrons. The van der Waals surface area contributed by atoms with Crippen molar-refractivity contribution in [2.24, 2.45) is 0 Å². The van der Waals surface area contributed by atoms with Gasteiger partial charge in [0.15, 0.2) is 0 Å². The van der Waals surface area contributed by atoms with Crippen molar-refractivity contribution in [2.75, 3.05) is 62.4 Å². The zero-order valence-electron chi connectivity index (χ0n) is 24.0. The molecule has 6 rings (SSSR count). The molecule has 1 aromatic heterocycles. The van der Waals surface area contributed by atoms with E-state index in [0.29, 0.717) is 58.5 Å². The van der Waals surface area contributed by atoms with Gasteiger partial charge in [0, 0.05) is 55.0 Å². The maximum Gasteiger partial charge on any atom is 0.318 e. The minimum absolute atomic E-state index is 0.138. The van der Waals surface area contributed by atoms with Crippen molar-refractivity contribution >= 4 is 28.2 Å². The molecular weight excluding hydrogens is 551 g/mol. The van der Waals surface area contributed by atoms with Crippen molar-refractivity contribution in [2.45, 2.75) is 38.0 Å². The first-order valence-electron chi connectivity index (χ1n) is 14.8. The smallest absolute Gasteiger partial charge is 0.318 e. The summed E-state index contributed by atoms with van der Waals surface area (Å²) >= 11 is 0. The molecule has 2 fully saturated rings. The Morgan fingerprint density at radius 1 is 1.14 bits per heavy atom. The van der Waals surface area contributed by atoms with Gasteiger partial charge in [-0.05, 0) is 36.8 Å². The maximum absolute atomic E-state index is 12.7. The third kappa shape index (κ3) is 6.49. The van der Waals surface area contributed by atoms with Crippen molar-refractivity contribution < 1.29 is 23.8 Å². The number of phenolic OH excluding ortho intramolecular Hbond substituents is 1. The molecule has 0 radical (unpaired) electrons. The number of nitrogens with zero attached hydrogens (tertiary/aromatic N) is 6. The van der Waals surface area contributed by atoms with Crippen molar-refractivity contribution in [3.63, 3.8) is 0 Å². The number of fused-ring (bicyclic) bond motifs is 2. The highest BCUT2D eigenvalue weighted by Gasteiger charge is 2.35. The quantitative estimate of drug-likeness (QED) is 0.217. The number of alkyl halides is 1. The third-order valence-electron chi connectivity index (χ3n) is 8.10. The maximum atomic E-state index is 12.7. The number of aromatic nitrogens is 2. The van der Waals surface area contributed by atoms with Crippen molar-refractivity contribution in [1.82, 2.24) is 14.9 Å². The summed E-state index contributed by atoms with van der Waals surface area (Å²) in [5, 5.41) is 12.5. The molecule has 2 aliphatic heterocycles. The molecule has 0 unspecified atom stereocenters. The minimum atomic E-state index is -0.712. The highest BCUT2D eigenvalue weighted by atomic mass is 19.1. The van der Waals surface area contributed by atoms with Crippen LogP contribution in [0.3, 0.4) is 0 Å². The number of piperazine rings is 1. The first kappa shape index (κ1) is 28.7. The Balaban J connectivity index is 1.29. The number of anilines is 2. The fraction of sp³-hybridized carbons (Fsp3) is 0.438. The van der Waals surface area contributed by atoms with Gasteiger partial charge >= 0.3 is 6.01 Å². The summed E-state index contributed by atoms with van der Waals surface area (Å²) in [5.41, 5.74) is 2.79. The average molecular weight is 587 g/mol. The van der Waals surface area contributed by atoms with Gasteiger partial charge in [0.25, 0.3) is 0 Å². The summed E-state index contributed by atoms with van der Waals surface area (Å²) in [4.78, 5) is 32.0. The number of carbonyl (C=O) groups is 1. The number of halogens is 1. The van der Waals surface area contributed by atoms with Crippen LogP contribution in [0, 0.1) is 6.57 Å². The van der Waals surface area contributed by atoms with Gasteiger partial charge in [-0.15, -0.1) is 0 Å². The number of aromatic hydroxyl groups is 1. The van der Waals surface area contributed by atoms with E-state index in [1.54, 1.807) is 17.0 Å². The van der Waals surface area contributed by atoms with E-state index in [-0.39, 0.29) is 30.3 Å². The van der Waals surface area contributed by atoms with E-state index in [2.05, 4.69) is 20.7 Å². The Labute approximate surface area is 250 Å². The van der Waals surface area contributed by atoms with Gasteiger partial charge in [-0.1, -0.05) is 24.3 Å². The first-order valence-corrected chi connectivity index (χ1v) is 14.8. The molecule has 1 amide bonds. The predicted octanol–water partition coefficient (Wildman–Crippen LogP) is 3.92. The Morgan fingerprint density at radius 2 is 2.00 bits per heavy atom. The summed E-state index contributed by atoms with van der Waals surface area (Å²) in [5.74, 6) is 0.677. The highest BCUT2D eigenvalue weighted by Crippen LogP contribution is 2.36. The number of phenols is 1. The second-order valence-corrected chi connectivity index (χ2v) is 11.1. The monoisotopic (exact) mass is 586 g/mol. The SMILES string of the molecule is [C-]#[N+]C[C@H]1CN(c2nc(OCCOC3CC3)nc3c2CCN(c2cc(O)cc4ccccc24)C3)CCN1C(=O)/C=C/CF. The molecule has 3 aliphatic rings. The highest BCUT2D eigenvalue weighted by molar-refractivity contribution is 5.95. The van der Waals surface area contributed by atoms with Crippen LogP contribution in [0.4, 0.5) is 15.9 Å². The number of amides is 1. The van der Waals surface area contributed by atoms with Gasteiger partial charge in [-0.25, -0.2) is 11.0 Å². The largest absolute Gasteiger partial charge is 0.508 e. The Hall–Kier alpha value is -4.43. The molecule has 1 saturated carbocycles. The van der Waals surface area contributed by atoms with Gasteiger partial charge in [-0.3, -0.25) is 4.79 Å². The van der Waals surface area contributed by atoms with E-state index in [1.807, 2.05) is 18.2 Å². The van der Waals surface area contributed by atoms with Gasteiger partial charge < -0.3 is 34.1 Å². The number of allylic oxidation sites excluding steroid dienone is 1. The van der Waals surface area contributed by atoms with Crippen LogP contribution in [-0.4, -0.2) is 90.6 Å². The van der Waals surface area contributed by atoms with Crippen molar-refractivity contribution in [1.29, 1.82) is 0 Å². The zero-order valence-corrected chi connectivity index (χ0v) is 24.0. The van der Waals surface area contributed by atoms with Crippen LogP contribution in [0.25, 0.3) is 15.6 Å². The number of rotatable bonds is 10. The second-order valence-electron chi connectivity index (χ2n) is 11.1. The van der Waals surface area contributed by atoms with Gasteiger partial charge in [0.2, 0.25) is 12.5 Å². The predicted molar refractivity (Wildman–Crippen MR) is 161 cm³/mol. The van der Waals surface area contributed by atoms with Gasteiger partial charge in [0.1, 0.15) is 30.9 Å². The third-order valence-corrected chi connectivity index (χ3v) is 8.10. The lowest BCUT2D eigenvalue weighted by molar-refractivity contribution is -0.128. The van der Waals surface area contributed by atoms with Crippen LogP contribution in [0.1, 0.15) is 24.1 Å². The second kappa shape index (κ2) is 12.8. The molecule has 10 nitrogen and oxygen atoms in total. The summed E-state index contributed by atoms with van der Waals surface area (Å²) in [6.45, 7) is 10.2. The van der Waals surface area contributed by atoms with Crippen LogP contribution in [0.15, 0.2) is 48.6 Å². The molecule has 11 heteroatoms. The number of hydrogen-bond acceptors (Lipinski definition) is 8. The lowest BCUT2D eigenvalue weighted by atomic mass is 10.0. The molecule has 43 heavy (non-hydrogen) atoms. The molecule has 3 heterocycles. The first-order chi connectivity index (χ1) is 21.0. The molecule has 1 aliphatic carbocycles. The lowest BCUT2D eigenvalue weighted by Crippen LogP contribution is -2.56. The van der Waals surface area contributed by atoms with Crippen LogP contribution in [0.2, 0.25) is 0 Å². The normalized spacial score (nSPS) is 18.6. The fourth-order valence-corrected chi connectivity index (χ4v) is 5.88. The lowest BCUT2D eigenvalue weighted by Gasteiger charge is -2.41. The zero-order chi connectivity index (χ0) is 29.8. The minimum Gasteiger partial charge on any atom is -0.508 e. The van der Waals surface area contributed by atoms with Crippen LogP contribution >= 0.6 is 0 Å². The average Bonchev–Trinajstić information content (AvgIpc) is 3.85. The number of carbonyl (C=O) groups excluding carboxylic acids is 1. The van der Waals surface area contributed by atoms with E-state index in [0.717, 1.165) is 46.4 Å². The number of hydrogen-bond donors (Lipinski definition) is 1. The topological polar surface area (TPSA) is 95.6 Å². The van der Waals surface area contributed by atoms with Crippen LogP contribution in [0.5, 0.6) is 11.8 Å². The summed E-state index contributed by atoms with van der Waals surface area (Å²) < 4.78 is 24.4. The van der Waals surface area contributed by atoms with Gasteiger partial charge in [-0.2, -0.15) is 9.97 Å². The fourth-order valence-electron chi connectivity index (χ4n) is 5.88. The molecular formula is C32H35FN6O4. The van der Waals surface area contributed by atoms with E-state index in [9.17, 15) is 14.3 Å². The Kier molecular flexibility index (Phi) is 8.56. The molecule has 0 bridgehead atoms. The van der Waals surface area contributed by atoms with E-state index < -0.39 is 6.67 Å². The molecule has 1 N–H and O–H groups in total. The van der Waals surface area contributed by atoms with E-state index >= 15 is 0 Å². The summed E-state index contributed by atoms with van der Waals surface area (Å²) in [7, 11) is 0. The van der Waals surface area contributed by atoms with E-state index in [4.69, 9.17) is 26.0 Å². The summed E-state index contributed by atoms with van der Waals surface area (Å²) in [6.07, 6.45) is 5.61. The number of benzene rings is 2. The Bertz CT molecular complexity index is 1550. The molecule has 1 saturated heterocycles. The summed E-state index contributed by atoms with van der Waals surface area (Å²) in [6, 6.07) is 11.5. The van der Waals surface area contributed by atoms with Crippen LogP contribution < -0.4 is 14.5 Å². The van der Waals surface area contributed by atoms with Crippen LogP contribution in [-0.2, 0) is 22.5 Å². The molecule has 3 aromatic rings. The molecule has 2 aromatic carbocycles. The Morgan fingerprint density at radius 3 is 2.81 bits per heavy atom. The van der Waals surface area contributed by atoms with Crippen molar-refractivity contribution in [3.05, 3.63) is 71.2 Å². The van der Waals surface area contributed by atoms with E-state index in [1.165, 1.54) is 12.2 Å². The standard InChI is InChI=1S/C32H35FN6O4/c1-34-19-23-20-38(13-14-39(23)30(41)7-4-11-33)31-27-10-12-37(29-18-24(40)17-22-5-2-3-6-26(22)29)21-28(27)35-32(36-31)43-16-15-42-25-8-9-25/h2-7,17-18,23,25,40H,8-16,19-21H2/b7-4+/t23-/m0/s1. The molecule has 0 spiro atoms. The number of ether oxygens (including phenoxy) is 2. The molecule has 1 atom stereocenters. The van der Waals surface area contributed by atoms with Gasteiger partial charge in [0.05, 0.1) is 24.9 Å².